The number of hydrazine groups is 1. The van der Waals surface area contributed by atoms with Gasteiger partial charge in [-0.05, 0) is 44.2 Å². The summed E-state index contributed by atoms with van der Waals surface area (Å²) in [6, 6.07) is 13.5. The third kappa shape index (κ3) is 3.34. The lowest BCUT2D eigenvalue weighted by atomic mass is 10.0. The van der Waals surface area contributed by atoms with E-state index in [0.717, 1.165) is 0 Å². The molecule has 3 aromatic rings. The molecule has 0 saturated heterocycles. The van der Waals surface area contributed by atoms with Gasteiger partial charge in [-0.15, -0.1) is 0 Å². The normalized spacial score (nSPS) is 14.1. The van der Waals surface area contributed by atoms with Crippen LogP contribution in [-0.2, 0) is 4.79 Å². The topological polar surface area (TPSA) is 70.4 Å². The zero-order valence-corrected chi connectivity index (χ0v) is 15.5. The molecule has 1 aromatic heterocycles. The molecule has 28 heavy (non-hydrogen) atoms. The second kappa shape index (κ2) is 7.19. The SMILES string of the molecule is CCN1C=C(Nc2cccc(F)c2)C(C(C)=O)=C(c2nc3ccccc3o2)N1. The van der Waals surface area contributed by atoms with Crippen molar-refractivity contribution in [1.82, 2.24) is 15.4 Å². The zero-order valence-electron chi connectivity index (χ0n) is 15.5. The molecule has 0 atom stereocenters. The fourth-order valence-corrected chi connectivity index (χ4v) is 3.07. The number of hydrogen-bond donors (Lipinski definition) is 2. The van der Waals surface area contributed by atoms with Crippen LogP contribution in [0.2, 0.25) is 0 Å². The summed E-state index contributed by atoms with van der Waals surface area (Å²) in [7, 11) is 0. The Bertz CT molecular complexity index is 1080. The van der Waals surface area contributed by atoms with Gasteiger partial charge in [-0.1, -0.05) is 18.2 Å². The molecule has 0 unspecified atom stereocenters. The van der Waals surface area contributed by atoms with E-state index in [1.54, 1.807) is 23.3 Å². The summed E-state index contributed by atoms with van der Waals surface area (Å²) >= 11 is 0. The maximum absolute atomic E-state index is 13.6. The lowest BCUT2D eigenvalue weighted by molar-refractivity contribution is -0.113. The molecule has 0 bridgehead atoms. The van der Waals surface area contributed by atoms with E-state index < -0.39 is 0 Å². The van der Waals surface area contributed by atoms with Crippen LogP contribution in [0.15, 0.2) is 70.4 Å². The summed E-state index contributed by atoms with van der Waals surface area (Å²) in [5.74, 6) is -0.216. The third-order valence-electron chi connectivity index (χ3n) is 4.36. The number of anilines is 1. The van der Waals surface area contributed by atoms with E-state index in [9.17, 15) is 9.18 Å². The summed E-state index contributed by atoms with van der Waals surface area (Å²) in [6.07, 6.45) is 1.77. The standard InChI is InChI=1S/C21H19FN4O2/c1-3-26-12-17(23-15-8-6-7-14(22)11-15)19(13(2)27)20(25-26)21-24-16-9-4-5-10-18(16)28-21/h4-12,23,25H,3H2,1-2H3. The highest BCUT2D eigenvalue weighted by Crippen LogP contribution is 2.29. The van der Waals surface area contributed by atoms with Crippen molar-refractivity contribution in [3.63, 3.8) is 0 Å². The van der Waals surface area contributed by atoms with Crippen LogP contribution in [0.25, 0.3) is 16.8 Å². The summed E-state index contributed by atoms with van der Waals surface area (Å²) in [5, 5.41) is 4.95. The van der Waals surface area contributed by atoms with Crippen LogP contribution in [0.1, 0.15) is 19.7 Å². The molecule has 0 spiro atoms. The van der Waals surface area contributed by atoms with Crippen molar-refractivity contribution in [1.29, 1.82) is 0 Å². The minimum atomic E-state index is -0.362. The number of para-hydroxylation sites is 2. The monoisotopic (exact) mass is 378 g/mol. The van der Waals surface area contributed by atoms with Crippen LogP contribution in [0.5, 0.6) is 0 Å². The quantitative estimate of drug-likeness (QED) is 0.698. The molecule has 7 heteroatoms. The van der Waals surface area contributed by atoms with Crippen LogP contribution in [0.4, 0.5) is 10.1 Å². The molecule has 4 rings (SSSR count). The van der Waals surface area contributed by atoms with Crippen LogP contribution in [-0.4, -0.2) is 22.3 Å². The highest BCUT2D eigenvalue weighted by atomic mass is 19.1. The number of hydrogen-bond acceptors (Lipinski definition) is 6. The summed E-state index contributed by atoms with van der Waals surface area (Å²) in [4.78, 5) is 17.0. The van der Waals surface area contributed by atoms with Gasteiger partial charge in [-0.25, -0.2) is 9.37 Å². The van der Waals surface area contributed by atoms with E-state index in [-0.39, 0.29) is 11.6 Å². The van der Waals surface area contributed by atoms with Crippen LogP contribution in [0.3, 0.4) is 0 Å². The maximum Gasteiger partial charge on any atom is 0.246 e. The molecule has 2 heterocycles. The van der Waals surface area contributed by atoms with E-state index in [1.807, 2.05) is 31.2 Å². The number of ketones is 1. The highest BCUT2D eigenvalue weighted by Gasteiger charge is 2.27. The van der Waals surface area contributed by atoms with Crippen LogP contribution in [0, 0.1) is 5.82 Å². The van der Waals surface area contributed by atoms with E-state index in [0.29, 0.717) is 46.2 Å². The van der Waals surface area contributed by atoms with E-state index in [1.165, 1.54) is 19.1 Å². The first-order valence-corrected chi connectivity index (χ1v) is 8.94. The predicted molar refractivity (Wildman–Crippen MR) is 105 cm³/mol. The van der Waals surface area contributed by atoms with Crippen molar-refractivity contribution in [3.05, 3.63) is 77.7 Å². The van der Waals surface area contributed by atoms with Gasteiger partial charge in [-0.2, -0.15) is 0 Å². The van der Waals surface area contributed by atoms with Gasteiger partial charge in [0, 0.05) is 18.4 Å². The van der Waals surface area contributed by atoms with Gasteiger partial charge in [0.05, 0.1) is 11.3 Å². The Morgan fingerprint density at radius 1 is 1.25 bits per heavy atom. The van der Waals surface area contributed by atoms with Gasteiger partial charge in [0.15, 0.2) is 11.4 Å². The number of benzene rings is 2. The molecule has 0 fully saturated rings. The smallest absolute Gasteiger partial charge is 0.246 e. The second-order valence-electron chi connectivity index (χ2n) is 6.37. The summed E-state index contributed by atoms with van der Waals surface area (Å²) in [5.41, 5.74) is 6.45. The number of Topliss-reactive ketones (excluding diaryl/α,β-unsaturated/α-hetero) is 1. The van der Waals surface area contributed by atoms with E-state index in [2.05, 4.69) is 15.7 Å². The van der Waals surface area contributed by atoms with Gasteiger partial charge in [-0.3, -0.25) is 15.2 Å². The van der Waals surface area contributed by atoms with Gasteiger partial charge < -0.3 is 9.73 Å². The van der Waals surface area contributed by atoms with Gasteiger partial charge in [0.2, 0.25) is 5.89 Å². The average Bonchev–Trinajstić information content (AvgIpc) is 3.11. The number of oxazole rings is 1. The number of halogens is 1. The Hall–Kier alpha value is -3.61. The molecular formula is C21H19FN4O2. The minimum Gasteiger partial charge on any atom is -0.435 e. The third-order valence-corrected chi connectivity index (χ3v) is 4.36. The van der Waals surface area contributed by atoms with Crippen molar-refractivity contribution < 1.29 is 13.6 Å². The van der Waals surface area contributed by atoms with Gasteiger partial charge in [0.25, 0.3) is 0 Å². The van der Waals surface area contributed by atoms with E-state index in [4.69, 9.17) is 4.42 Å². The predicted octanol–water partition coefficient (Wildman–Crippen LogP) is 4.06. The number of fused-ring (bicyclic) bond motifs is 1. The van der Waals surface area contributed by atoms with E-state index >= 15 is 0 Å². The van der Waals surface area contributed by atoms with Crippen LogP contribution < -0.4 is 10.7 Å². The Kier molecular flexibility index (Phi) is 4.57. The van der Waals surface area contributed by atoms with Gasteiger partial charge in [0.1, 0.15) is 17.0 Å². The second-order valence-corrected chi connectivity index (χ2v) is 6.37. The number of aromatic nitrogens is 1. The largest absolute Gasteiger partial charge is 0.435 e. The minimum absolute atomic E-state index is 0.171. The van der Waals surface area contributed by atoms with Crippen molar-refractivity contribution >= 4 is 28.3 Å². The molecule has 0 amide bonds. The fraction of sp³-hybridized carbons (Fsp3) is 0.143. The Morgan fingerprint density at radius 2 is 2.07 bits per heavy atom. The molecule has 2 aromatic carbocycles. The Labute approximate surface area is 161 Å². The lowest BCUT2D eigenvalue weighted by Gasteiger charge is -2.30. The number of nitrogens with zero attached hydrogens (tertiary/aromatic N) is 2. The molecule has 1 aliphatic rings. The fourth-order valence-electron chi connectivity index (χ4n) is 3.07. The zero-order chi connectivity index (χ0) is 19.7. The van der Waals surface area contributed by atoms with Crippen LogP contribution >= 0.6 is 0 Å². The van der Waals surface area contributed by atoms with Gasteiger partial charge >= 0.3 is 0 Å². The number of carbonyl (C=O) groups is 1. The summed E-state index contributed by atoms with van der Waals surface area (Å²) < 4.78 is 19.5. The Balaban J connectivity index is 1.83. The maximum atomic E-state index is 13.6. The number of carbonyl (C=O) groups excluding carboxylic acids is 1. The average molecular weight is 378 g/mol. The molecule has 142 valence electrons. The molecule has 0 radical (unpaired) electrons. The summed E-state index contributed by atoms with van der Waals surface area (Å²) in [6.45, 7) is 4.07. The van der Waals surface area contributed by atoms with Crippen molar-refractivity contribution in [2.45, 2.75) is 13.8 Å². The first-order chi connectivity index (χ1) is 13.5. The molecule has 2 N–H and O–H groups in total. The number of nitrogens with one attached hydrogen (secondary N) is 2. The molecule has 0 aliphatic carbocycles. The van der Waals surface area contributed by atoms with Crippen molar-refractivity contribution in [3.8, 4) is 0 Å². The highest BCUT2D eigenvalue weighted by molar-refractivity contribution is 6.05. The van der Waals surface area contributed by atoms with Crippen molar-refractivity contribution in [2.75, 3.05) is 11.9 Å². The molecule has 0 saturated carbocycles. The molecular weight excluding hydrogens is 359 g/mol. The number of rotatable bonds is 5. The first kappa shape index (κ1) is 17.8. The Morgan fingerprint density at radius 3 is 2.79 bits per heavy atom. The first-order valence-electron chi connectivity index (χ1n) is 8.94. The molecule has 1 aliphatic heterocycles. The molecule has 6 nitrogen and oxygen atoms in total. The lowest BCUT2D eigenvalue weighted by Crippen LogP contribution is -2.38. The van der Waals surface area contributed by atoms with Crippen molar-refractivity contribution in [2.24, 2.45) is 0 Å². The number of allylic oxidation sites excluding steroid dienone is 1.